The van der Waals surface area contributed by atoms with Crippen LogP contribution in [0.2, 0.25) is 0 Å². The number of benzene rings is 1. The molecule has 0 spiro atoms. The SMILES string of the molecule is CC(C)c1noc(COc2ccc(C#N)cc2F)n1. The Bertz CT molecular complexity index is 617. The lowest BCUT2D eigenvalue weighted by atomic mass is 10.2. The lowest BCUT2D eigenvalue weighted by Crippen LogP contribution is -1.99. The molecule has 98 valence electrons. The van der Waals surface area contributed by atoms with Gasteiger partial charge in [-0.2, -0.15) is 10.2 Å². The molecule has 1 aromatic carbocycles. The maximum atomic E-state index is 13.5. The largest absolute Gasteiger partial charge is 0.481 e. The normalized spacial score (nSPS) is 10.5. The quantitative estimate of drug-likeness (QED) is 0.846. The summed E-state index contributed by atoms with van der Waals surface area (Å²) >= 11 is 0. The molecule has 6 heteroatoms. The predicted molar refractivity (Wildman–Crippen MR) is 63.8 cm³/mol. The van der Waals surface area contributed by atoms with Gasteiger partial charge in [0, 0.05) is 5.92 Å². The van der Waals surface area contributed by atoms with Crippen molar-refractivity contribution in [2.45, 2.75) is 26.4 Å². The minimum Gasteiger partial charge on any atom is -0.481 e. The standard InChI is InChI=1S/C13H12FN3O2/c1-8(2)13-16-12(19-17-13)7-18-11-4-3-9(6-15)5-10(11)14/h3-5,8H,7H2,1-2H3. The Morgan fingerprint density at radius 2 is 2.26 bits per heavy atom. The molecule has 0 unspecified atom stereocenters. The first-order chi connectivity index (χ1) is 9.10. The van der Waals surface area contributed by atoms with Gasteiger partial charge in [0.2, 0.25) is 0 Å². The zero-order valence-corrected chi connectivity index (χ0v) is 10.6. The van der Waals surface area contributed by atoms with Crippen LogP contribution in [0.25, 0.3) is 0 Å². The summed E-state index contributed by atoms with van der Waals surface area (Å²) in [6.45, 7) is 3.87. The molecule has 1 heterocycles. The van der Waals surface area contributed by atoms with E-state index in [9.17, 15) is 4.39 Å². The summed E-state index contributed by atoms with van der Waals surface area (Å²) in [5.41, 5.74) is 0.240. The van der Waals surface area contributed by atoms with Crippen molar-refractivity contribution < 1.29 is 13.7 Å². The Balaban J connectivity index is 2.04. The third-order valence-electron chi connectivity index (χ3n) is 2.41. The van der Waals surface area contributed by atoms with Crippen LogP contribution in [-0.4, -0.2) is 10.1 Å². The highest BCUT2D eigenvalue weighted by Gasteiger charge is 2.11. The minimum absolute atomic E-state index is 0.0114. The van der Waals surface area contributed by atoms with Crippen LogP contribution in [0.5, 0.6) is 5.75 Å². The molecule has 1 aromatic heterocycles. The summed E-state index contributed by atoms with van der Waals surface area (Å²) in [4.78, 5) is 4.11. The van der Waals surface area contributed by atoms with Crippen molar-refractivity contribution in [2.24, 2.45) is 0 Å². The molecule has 2 rings (SSSR count). The third-order valence-corrected chi connectivity index (χ3v) is 2.41. The van der Waals surface area contributed by atoms with Crippen LogP contribution in [0.3, 0.4) is 0 Å². The van der Waals surface area contributed by atoms with E-state index in [1.54, 1.807) is 0 Å². The first kappa shape index (κ1) is 13.0. The van der Waals surface area contributed by atoms with E-state index in [4.69, 9.17) is 14.5 Å². The molecule has 0 saturated heterocycles. The molecule has 19 heavy (non-hydrogen) atoms. The van der Waals surface area contributed by atoms with Gasteiger partial charge in [0.25, 0.3) is 5.89 Å². The second-order valence-corrected chi connectivity index (χ2v) is 4.25. The molecule has 0 aliphatic rings. The number of hydrogen-bond donors (Lipinski definition) is 0. The molecule has 0 aliphatic heterocycles. The average Bonchev–Trinajstić information content (AvgIpc) is 2.86. The number of aromatic nitrogens is 2. The van der Waals surface area contributed by atoms with Gasteiger partial charge in [0.1, 0.15) is 0 Å². The second kappa shape index (κ2) is 5.48. The average molecular weight is 261 g/mol. The molecular formula is C13H12FN3O2. The van der Waals surface area contributed by atoms with E-state index >= 15 is 0 Å². The Morgan fingerprint density at radius 3 is 2.84 bits per heavy atom. The zero-order valence-electron chi connectivity index (χ0n) is 10.6. The lowest BCUT2D eigenvalue weighted by molar-refractivity contribution is 0.234. The first-order valence-corrected chi connectivity index (χ1v) is 5.75. The fourth-order valence-electron chi connectivity index (χ4n) is 1.39. The van der Waals surface area contributed by atoms with Gasteiger partial charge in [-0.25, -0.2) is 4.39 Å². The second-order valence-electron chi connectivity index (χ2n) is 4.25. The molecule has 5 nitrogen and oxygen atoms in total. The third kappa shape index (κ3) is 3.07. The number of ether oxygens (including phenoxy) is 1. The van der Waals surface area contributed by atoms with Crippen molar-refractivity contribution in [3.63, 3.8) is 0 Å². The molecule has 0 amide bonds. The predicted octanol–water partition coefficient (Wildman–Crippen LogP) is 2.78. The van der Waals surface area contributed by atoms with Gasteiger partial charge in [0.15, 0.2) is 24.0 Å². The molecule has 2 aromatic rings. The van der Waals surface area contributed by atoms with Gasteiger partial charge in [0.05, 0.1) is 11.6 Å². The Labute approximate surface area is 109 Å². The Morgan fingerprint density at radius 1 is 1.47 bits per heavy atom. The van der Waals surface area contributed by atoms with E-state index in [1.807, 2.05) is 19.9 Å². The molecule has 0 bridgehead atoms. The maximum Gasteiger partial charge on any atom is 0.264 e. The van der Waals surface area contributed by atoms with Crippen molar-refractivity contribution >= 4 is 0 Å². The molecule has 0 fully saturated rings. The summed E-state index contributed by atoms with van der Waals surface area (Å²) < 4.78 is 23.7. The topological polar surface area (TPSA) is 71.9 Å². The van der Waals surface area contributed by atoms with E-state index in [0.717, 1.165) is 6.07 Å². The van der Waals surface area contributed by atoms with Crippen LogP contribution in [0.4, 0.5) is 4.39 Å². The Kier molecular flexibility index (Phi) is 3.76. The summed E-state index contributed by atoms with van der Waals surface area (Å²) in [5, 5.41) is 12.4. The van der Waals surface area contributed by atoms with E-state index in [-0.39, 0.29) is 29.7 Å². The molecule has 0 aliphatic carbocycles. The monoisotopic (exact) mass is 261 g/mol. The molecule has 0 radical (unpaired) electrons. The van der Waals surface area contributed by atoms with Crippen LogP contribution in [-0.2, 0) is 6.61 Å². The van der Waals surface area contributed by atoms with Crippen LogP contribution >= 0.6 is 0 Å². The molecular weight excluding hydrogens is 249 g/mol. The van der Waals surface area contributed by atoms with Gasteiger partial charge in [-0.1, -0.05) is 19.0 Å². The van der Waals surface area contributed by atoms with Crippen molar-refractivity contribution in [3.8, 4) is 11.8 Å². The van der Waals surface area contributed by atoms with Crippen molar-refractivity contribution in [3.05, 3.63) is 41.3 Å². The van der Waals surface area contributed by atoms with E-state index in [2.05, 4.69) is 10.1 Å². The fourth-order valence-corrected chi connectivity index (χ4v) is 1.39. The number of halogens is 1. The summed E-state index contributed by atoms with van der Waals surface area (Å²) in [5.74, 6) is 0.474. The summed E-state index contributed by atoms with van der Waals surface area (Å²) in [7, 11) is 0. The van der Waals surface area contributed by atoms with Crippen LogP contribution in [0.15, 0.2) is 22.7 Å². The smallest absolute Gasteiger partial charge is 0.264 e. The van der Waals surface area contributed by atoms with Gasteiger partial charge >= 0.3 is 0 Å². The zero-order chi connectivity index (χ0) is 13.8. The highest BCUT2D eigenvalue weighted by Crippen LogP contribution is 2.19. The van der Waals surface area contributed by atoms with Crippen molar-refractivity contribution in [2.75, 3.05) is 0 Å². The van der Waals surface area contributed by atoms with Gasteiger partial charge < -0.3 is 9.26 Å². The van der Waals surface area contributed by atoms with Crippen LogP contribution < -0.4 is 4.74 Å². The molecule has 0 N–H and O–H groups in total. The summed E-state index contributed by atoms with van der Waals surface area (Å²) in [6, 6.07) is 5.84. The van der Waals surface area contributed by atoms with Crippen LogP contribution in [0, 0.1) is 17.1 Å². The molecule has 0 saturated carbocycles. The maximum absolute atomic E-state index is 13.5. The van der Waals surface area contributed by atoms with Crippen molar-refractivity contribution in [1.29, 1.82) is 5.26 Å². The van der Waals surface area contributed by atoms with E-state index in [1.165, 1.54) is 12.1 Å². The lowest BCUT2D eigenvalue weighted by Gasteiger charge is -2.04. The highest BCUT2D eigenvalue weighted by atomic mass is 19.1. The Hall–Kier alpha value is -2.42. The van der Waals surface area contributed by atoms with Crippen LogP contribution in [0.1, 0.15) is 37.0 Å². The van der Waals surface area contributed by atoms with Gasteiger partial charge in [-0.15, -0.1) is 0 Å². The number of nitriles is 1. The van der Waals surface area contributed by atoms with E-state index in [0.29, 0.717) is 5.82 Å². The number of rotatable bonds is 4. The molecule has 0 atom stereocenters. The van der Waals surface area contributed by atoms with Gasteiger partial charge in [-0.05, 0) is 18.2 Å². The fraction of sp³-hybridized carbons (Fsp3) is 0.308. The number of nitrogens with zero attached hydrogens (tertiary/aromatic N) is 3. The minimum atomic E-state index is -0.595. The number of hydrogen-bond acceptors (Lipinski definition) is 5. The first-order valence-electron chi connectivity index (χ1n) is 5.75. The van der Waals surface area contributed by atoms with Gasteiger partial charge in [-0.3, -0.25) is 0 Å². The van der Waals surface area contributed by atoms with Crippen molar-refractivity contribution in [1.82, 2.24) is 10.1 Å². The van der Waals surface area contributed by atoms with E-state index < -0.39 is 5.82 Å². The summed E-state index contributed by atoms with van der Waals surface area (Å²) in [6.07, 6.45) is 0. The highest BCUT2D eigenvalue weighted by molar-refractivity contribution is 5.35.